The van der Waals surface area contributed by atoms with Gasteiger partial charge in [-0.05, 0) is 49.3 Å². The lowest BCUT2D eigenvalue weighted by atomic mass is 9.87. The van der Waals surface area contributed by atoms with E-state index < -0.39 is 0 Å². The predicted octanol–water partition coefficient (Wildman–Crippen LogP) is 4.73. The second-order valence-electron chi connectivity index (χ2n) is 6.66. The van der Waals surface area contributed by atoms with Gasteiger partial charge in [0.1, 0.15) is 0 Å². The van der Waals surface area contributed by atoms with Crippen molar-refractivity contribution < 1.29 is 4.74 Å². The SMILES string of the molecule is CC1CCCCC1OC(CNC1CC1)c1cccc(Cl)c1. The number of benzene rings is 1. The molecule has 21 heavy (non-hydrogen) atoms. The van der Waals surface area contributed by atoms with Gasteiger partial charge in [-0.1, -0.05) is 43.5 Å². The van der Waals surface area contributed by atoms with E-state index in [-0.39, 0.29) is 6.10 Å². The highest BCUT2D eigenvalue weighted by molar-refractivity contribution is 6.30. The molecule has 0 amide bonds. The van der Waals surface area contributed by atoms with E-state index in [1.807, 2.05) is 18.2 Å². The summed E-state index contributed by atoms with van der Waals surface area (Å²) in [5, 5.41) is 4.41. The number of hydrogen-bond donors (Lipinski definition) is 1. The molecule has 2 nitrogen and oxygen atoms in total. The maximum atomic E-state index is 6.50. The van der Waals surface area contributed by atoms with E-state index in [0.717, 1.165) is 11.6 Å². The average molecular weight is 308 g/mol. The van der Waals surface area contributed by atoms with Crippen molar-refractivity contribution in [2.45, 2.75) is 63.7 Å². The molecule has 1 aromatic carbocycles. The molecule has 116 valence electrons. The van der Waals surface area contributed by atoms with Gasteiger partial charge in [0, 0.05) is 17.6 Å². The summed E-state index contributed by atoms with van der Waals surface area (Å²) in [6.45, 7) is 3.22. The lowest BCUT2D eigenvalue weighted by Gasteiger charge is -2.33. The van der Waals surface area contributed by atoms with Gasteiger partial charge in [-0.15, -0.1) is 0 Å². The van der Waals surface area contributed by atoms with Crippen molar-refractivity contribution >= 4 is 11.6 Å². The van der Waals surface area contributed by atoms with Crippen molar-refractivity contribution in [1.82, 2.24) is 5.32 Å². The fourth-order valence-electron chi connectivity index (χ4n) is 3.21. The first-order valence-corrected chi connectivity index (χ1v) is 8.74. The van der Waals surface area contributed by atoms with Crippen LogP contribution >= 0.6 is 11.6 Å². The highest BCUT2D eigenvalue weighted by Crippen LogP contribution is 2.32. The van der Waals surface area contributed by atoms with Gasteiger partial charge in [0.2, 0.25) is 0 Å². The molecule has 1 aromatic rings. The molecule has 2 fully saturated rings. The lowest BCUT2D eigenvalue weighted by Crippen LogP contribution is -2.32. The van der Waals surface area contributed by atoms with E-state index in [9.17, 15) is 0 Å². The standard InChI is InChI=1S/C18H26ClNO/c1-13-5-2-3-8-17(13)21-18(12-20-16-9-10-16)14-6-4-7-15(19)11-14/h4,6-7,11,13,16-18,20H,2-3,5,8-10,12H2,1H3. The van der Waals surface area contributed by atoms with Crippen LogP contribution in [0.2, 0.25) is 5.02 Å². The maximum absolute atomic E-state index is 6.50. The second kappa shape index (κ2) is 7.13. The van der Waals surface area contributed by atoms with Crippen molar-refractivity contribution in [2.24, 2.45) is 5.92 Å². The Kier molecular flexibility index (Phi) is 5.20. The quantitative estimate of drug-likeness (QED) is 0.820. The van der Waals surface area contributed by atoms with Crippen molar-refractivity contribution in [3.8, 4) is 0 Å². The summed E-state index contributed by atoms with van der Waals surface area (Å²) >= 11 is 6.16. The Morgan fingerprint density at radius 2 is 2.05 bits per heavy atom. The average Bonchev–Trinajstić information content (AvgIpc) is 3.29. The minimum atomic E-state index is 0.120. The summed E-state index contributed by atoms with van der Waals surface area (Å²) in [5.41, 5.74) is 1.20. The molecule has 1 N–H and O–H groups in total. The Morgan fingerprint density at radius 1 is 1.24 bits per heavy atom. The predicted molar refractivity (Wildman–Crippen MR) is 87.7 cm³/mol. The summed E-state index contributed by atoms with van der Waals surface area (Å²) < 4.78 is 6.50. The first-order chi connectivity index (χ1) is 10.2. The van der Waals surface area contributed by atoms with Gasteiger partial charge >= 0.3 is 0 Å². The number of hydrogen-bond acceptors (Lipinski definition) is 2. The van der Waals surface area contributed by atoms with Crippen LogP contribution in [0, 0.1) is 5.92 Å². The van der Waals surface area contributed by atoms with Gasteiger partial charge < -0.3 is 10.1 Å². The lowest BCUT2D eigenvalue weighted by molar-refractivity contribution is -0.0565. The topological polar surface area (TPSA) is 21.3 Å². The fourth-order valence-corrected chi connectivity index (χ4v) is 3.41. The van der Waals surface area contributed by atoms with E-state index >= 15 is 0 Å². The Labute approximate surface area is 133 Å². The van der Waals surface area contributed by atoms with Gasteiger partial charge in [0.05, 0.1) is 12.2 Å². The smallest absolute Gasteiger partial charge is 0.0953 e. The maximum Gasteiger partial charge on any atom is 0.0953 e. The second-order valence-corrected chi connectivity index (χ2v) is 7.10. The number of rotatable bonds is 6. The molecule has 3 unspecified atom stereocenters. The zero-order valence-corrected chi connectivity index (χ0v) is 13.6. The summed E-state index contributed by atoms with van der Waals surface area (Å²) in [6, 6.07) is 8.85. The van der Waals surface area contributed by atoms with E-state index in [2.05, 4.69) is 18.3 Å². The van der Waals surface area contributed by atoms with Crippen LogP contribution in [0.5, 0.6) is 0 Å². The summed E-state index contributed by atoms with van der Waals surface area (Å²) in [5.74, 6) is 0.668. The van der Waals surface area contributed by atoms with Gasteiger partial charge in [-0.2, -0.15) is 0 Å². The highest BCUT2D eigenvalue weighted by Gasteiger charge is 2.28. The van der Waals surface area contributed by atoms with Crippen LogP contribution in [0.15, 0.2) is 24.3 Å². The molecular weight excluding hydrogens is 282 g/mol. The first-order valence-electron chi connectivity index (χ1n) is 8.36. The van der Waals surface area contributed by atoms with Gasteiger partial charge in [0.15, 0.2) is 0 Å². The first kappa shape index (κ1) is 15.3. The monoisotopic (exact) mass is 307 g/mol. The third-order valence-electron chi connectivity index (χ3n) is 4.76. The number of ether oxygens (including phenoxy) is 1. The van der Waals surface area contributed by atoms with Crippen molar-refractivity contribution in [3.63, 3.8) is 0 Å². The minimum Gasteiger partial charge on any atom is -0.369 e. The van der Waals surface area contributed by atoms with Crippen LogP contribution in [-0.2, 0) is 4.74 Å². The molecule has 0 heterocycles. The van der Waals surface area contributed by atoms with Crippen LogP contribution < -0.4 is 5.32 Å². The highest BCUT2D eigenvalue weighted by atomic mass is 35.5. The van der Waals surface area contributed by atoms with E-state index in [1.165, 1.54) is 44.1 Å². The molecule has 2 aliphatic rings. The molecule has 0 bridgehead atoms. The third kappa shape index (κ3) is 4.45. The Bertz CT molecular complexity index is 460. The van der Waals surface area contributed by atoms with Crippen molar-refractivity contribution in [2.75, 3.05) is 6.54 Å². The molecule has 0 radical (unpaired) electrons. The molecular formula is C18H26ClNO. The Balaban J connectivity index is 1.68. The van der Waals surface area contributed by atoms with Gasteiger partial charge in [-0.25, -0.2) is 0 Å². The summed E-state index contributed by atoms with van der Waals surface area (Å²) in [4.78, 5) is 0. The molecule has 0 saturated heterocycles. The zero-order valence-electron chi connectivity index (χ0n) is 12.9. The summed E-state index contributed by atoms with van der Waals surface area (Å²) in [6.07, 6.45) is 8.27. The molecule has 0 spiro atoms. The largest absolute Gasteiger partial charge is 0.369 e. The van der Waals surface area contributed by atoms with Crippen LogP contribution in [0.4, 0.5) is 0 Å². The van der Waals surface area contributed by atoms with Crippen LogP contribution in [0.1, 0.15) is 57.1 Å². The minimum absolute atomic E-state index is 0.120. The number of nitrogens with one attached hydrogen (secondary N) is 1. The number of halogens is 1. The van der Waals surface area contributed by atoms with E-state index in [0.29, 0.717) is 18.1 Å². The van der Waals surface area contributed by atoms with Gasteiger partial charge in [0.25, 0.3) is 0 Å². The van der Waals surface area contributed by atoms with Crippen molar-refractivity contribution in [3.05, 3.63) is 34.9 Å². The molecule has 3 rings (SSSR count). The molecule has 3 atom stereocenters. The van der Waals surface area contributed by atoms with E-state index in [4.69, 9.17) is 16.3 Å². The normalized spacial score (nSPS) is 27.5. The van der Waals surface area contributed by atoms with E-state index in [1.54, 1.807) is 0 Å². The summed E-state index contributed by atoms with van der Waals surface area (Å²) in [7, 11) is 0. The molecule has 0 aliphatic heterocycles. The van der Waals surface area contributed by atoms with Crippen LogP contribution in [-0.4, -0.2) is 18.7 Å². The third-order valence-corrected chi connectivity index (χ3v) is 5.00. The molecule has 0 aromatic heterocycles. The molecule has 2 saturated carbocycles. The molecule has 3 heteroatoms. The van der Waals surface area contributed by atoms with Crippen LogP contribution in [0.25, 0.3) is 0 Å². The van der Waals surface area contributed by atoms with Gasteiger partial charge in [-0.3, -0.25) is 0 Å². The van der Waals surface area contributed by atoms with Crippen molar-refractivity contribution in [1.29, 1.82) is 0 Å². The Morgan fingerprint density at radius 3 is 2.76 bits per heavy atom. The fraction of sp³-hybridized carbons (Fsp3) is 0.667. The van der Waals surface area contributed by atoms with Crippen LogP contribution in [0.3, 0.4) is 0 Å². The Hall–Kier alpha value is -0.570. The molecule has 2 aliphatic carbocycles. The zero-order chi connectivity index (χ0) is 14.7.